The molecule has 160 valence electrons. The van der Waals surface area contributed by atoms with Gasteiger partial charge in [0, 0.05) is 18.5 Å². The number of fused-ring (bicyclic) bond motifs is 2. The quantitative estimate of drug-likeness (QED) is 0.566. The smallest absolute Gasteiger partial charge is 0.308 e. The highest BCUT2D eigenvalue weighted by atomic mass is 16.5. The van der Waals surface area contributed by atoms with Gasteiger partial charge in [0.15, 0.2) is 6.10 Å². The second kappa shape index (κ2) is 8.59. The number of carbonyl (C=O) groups is 4. The molecule has 2 aliphatic heterocycles. The predicted octanol–water partition coefficient (Wildman–Crippen LogP) is 2.24. The van der Waals surface area contributed by atoms with E-state index in [-0.39, 0.29) is 19.0 Å². The number of hydrogen-bond acceptors (Lipinski definition) is 6. The van der Waals surface area contributed by atoms with Crippen molar-refractivity contribution < 1.29 is 28.7 Å². The number of rotatable bonds is 6. The zero-order chi connectivity index (χ0) is 22.0. The van der Waals surface area contributed by atoms with Gasteiger partial charge in [0.05, 0.1) is 30.2 Å². The minimum absolute atomic E-state index is 0.104. The number of imide groups is 1. The summed E-state index contributed by atoms with van der Waals surface area (Å²) in [6.45, 7) is 1.86. The highest BCUT2D eigenvalue weighted by Crippen LogP contribution is 2.31. The van der Waals surface area contributed by atoms with Crippen LogP contribution in [-0.4, -0.2) is 47.8 Å². The molecule has 31 heavy (non-hydrogen) atoms. The Labute approximate surface area is 179 Å². The Kier molecular flexibility index (Phi) is 5.70. The fourth-order valence-corrected chi connectivity index (χ4v) is 3.74. The molecule has 4 rings (SSSR count). The van der Waals surface area contributed by atoms with E-state index in [1.54, 1.807) is 24.3 Å². The van der Waals surface area contributed by atoms with Crippen LogP contribution in [0.15, 0.2) is 48.5 Å². The van der Waals surface area contributed by atoms with Crippen LogP contribution in [0.2, 0.25) is 0 Å². The standard InChI is InChI=1S/C23H22N2O6/c1-14(21(27)24-18-11-13-30-19-9-5-4-8-17(18)19)31-20(26)10-12-25-22(28)15-6-2-3-7-16(15)23(25)29/h2-9,14,18H,10-13H2,1H3,(H,24,27). The first-order chi connectivity index (χ1) is 15.0. The van der Waals surface area contributed by atoms with Crippen molar-refractivity contribution in [1.29, 1.82) is 0 Å². The lowest BCUT2D eigenvalue weighted by molar-refractivity contribution is -0.155. The van der Waals surface area contributed by atoms with Gasteiger partial charge in [-0.3, -0.25) is 24.1 Å². The average Bonchev–Trinajstić information content (AvgIpc) is 3.02. The summed E-state index contributed by atoms with van der Waals surface area (Å²) in [6, 6.07) is 13.8. The summed E-state index contributed by atoms with van der Waals surface area (Å²) in [5.41, 5.74) is 1.53. The summed E-state index contributed by atoms with van der Waals surface area (Å²) >= 11 is 0. The van der Waals surface area contributed by atoms with Crippen molar-refractivity contribution in [2.45, 2.75) is 31.9 Å². The Morgan fingerprint density at radius 3 is 2.45 bits per heavy atom. The van der Waals surface area contributed by atoms with Crippen LogP contribution in [0.25, 0.3) is 0 Å². The summed E-state index contributed by atoms with van der Waals surface area (Å²) in [6.07, 6.45) is -0.587. The van der Waals surface area contributed by atoms with E-state index in [0.717, 1.165) is 16.2 Å². The number of amides is 3. The summed E-state index contributed by atoms with van der Waals surface area (Å²) in [5.74, 6) is -1.22. The zero-order valence-electron chi connectivity index (χ0n) is 17.0. The molecule has 2 aliphatic rings. The van der Waals surface area contributed by atoms with Gasteiger partial charge in [0.25, 0.3) is 17.7 Å². The van der Waals surface area contributed by atoms with Crippen LogP contribution in [0.3, 0.4) is 0 Å². The van der Waals surface area contributed by atoms with Gasteiger partial charge in [0.2, 0.25) is 0 Å². The van der Waals surface area contributed by atoms with E-state index in [1.165, 1.54) is 6.92 Å². The van der Waals surface area contributed by atoms with E-state index in [0.29, 0.717) is 24.2 Å². The lowest BCUT2D eigenvalue weighted by atomic mass is 10.0. The van der Waals surface area contributed by atoms with Gasteiger partial charge in [0.1, 0.15) is 5.75 Å². The van der Waals surface area contributed by atoms with Gasteiger partial charge in [-0.2, -0.15) is 0 Å². The summed E-state index contributed by atoms with van der Waals surface area (Å²) < 4.78 is 10.8. The monoisotopic (exact) mass is 422 g/mol. The first-order valence-corrected chi connectivity index (χ1v) is 10.1. The van der Waals surface area contributed by atoms with Crippen molar-refractivity contribution in [2.75, 3.05) is 13.2 Å². The average molecular weight is 422 g/mol. The van der Waals surface area contributed by atoms with Crippen LogP contribution in [0, 0.1) is 0 Å². The number of carbonyl (C=O) groups excluding carboxylic acids is 4. The molecule has 8 nitrogen and oxygen atoms in total. The van der Waals surface area contributed by atoms with E-state index in [1.807, 2.05) is 24.3 Å². The van der Waals surface area contributed by atoms with Crippen molar-refractivity contribution in [1.82, 2.24) is 10.2 Å². The summed E-state index contributed by atoms with van der Waals surface area (Å²) in [7, 11) is 0. The van der Waals surface area contributed by atoms with Gasteiger partial charge >= 0.3 is 5.97 Å². The first-order valence-electron chi connectivity index (χ1n) is 10.1. The second-order valence-corrected chi connectivity index (χ2v) is 7.43. The van der Waals surface area contributed by atoms with Crippen LogP contribution in [0.5, 0.6) is 5.75 Å². The maximum atomic E-state index is 12.5. The summed E-state index contributed by atoms with van der Waals surface area (Å²) in [5, 5.41) is 2.89. The first kappa shape index (κ1) is 20.6. The highest BCUT2D eigenvalue weighted by Gasteiger charge is 2.35. The number of para-hydroxylation sites is 1. The fraction of sp³-hybridized carbons (Fsp3) is 0.304. The predicted molar refractivity (Wildman–Crippen MR) is 109 cm³/mol. The molecule has 8 heteroatoms. The van der Waals surface area contributed by atoms with Gasteiger partial charge in [-0.05, 0) is 25.1 Å². The second-order valence-electron chi connectivity index (χ2n) is 7.43. The van der Waals surface area contributed by atoms with E-state index in [9.17, 15) is 19.2 Å². The summed E-state index contributed by atoms with van der Waals surface area (Å²) in [4.78, 5) is 50.5. The molecule has 2 aromatic carbocycles. The molecule has 2 unspecified atom stereocenters. The molecule has 0 aliphatic carbocycles. The van der Waals surface area contributed by atoms with Gasteiger partial charge in [-0.25, -0.2) is 0 Å². The maximum Gasteiger partial charge on any atom is 0.308 e. The van der Waals surface area contributed by atoms with Crippen LogP contribution in [-0.2, 0) is 14.3 Å². The molecule has 0 spiro atoms. The van der Waals surface area contributed by atoms with Crippen molar-refractivity contribution in [3.63, 3.8) is 0 Å². The lowest BCUT2D eigenvalue weighted by Crippen LogP contribution is -2.40. The largest absolute Gasteiger partial charge is 0.493 e. The highest BCUT2D eigenvalue weighted by molar-refractivity contribution is 6.21. The Balaban J connectivity index is 1.29. The van der Waals surface area contributed by atoms with Gasteiger partial charge in [-0.15, -0.1) is 0 Å². The molecule has 2 heterocycles. The molecule has 0 aromatic heterocycles. The Hall–Kier alpha value is -3.68. The number of ether oxygens (including phenoxy) is 2. The van der Waals surface area contributed by atoms with Crippen LogP contribution >= 0.6 is 0 Å². The third-order valence-electron chi connectivity index (χ3n) is 5.37. The molecule has 3 amide bonds. The molecule has 1 N–H and O–H groups in total. The minimum atomic E-state index is -1.01. The van der Waals surface area contributed by atoms with Crippen LogP contribution in [0.4, 0.5) is 0 Å². The Morgan fingerprint density at radius 1 is 1.10 bits per heavy atom. The molecular weight excluding hydrogens is 400 g/mol. The van der Waals surface area contributed by atoms with E-state index in [2.05, 4.69) is 5.32 Å². The SMILES string of the molecule is CC(OC(=O)CCN1C(=O)c2ccccc2C1=O)C(=O)NC1CCOc2ccccc21. The molecular formula is C23H22N2O6. The fourth-order valence-electron chi connectivity index (χ4n) is 3.74. The number of nitrogens with one attached hydrogen (secondary N) is 1. The topological polar surface area (TPSA) is 102 Å². The number of esters is 1. The molecule has 0 radical (unpaired) electrons. The minimum Gasteiger partial charge on any atom is -0.493 e. The van der Waals surface area contributed by atoms with Crippen molar-refractivity contribution in [2.24, 2.45) is 0 Å². The zero-order valence-corrected chi connectivity index (χ0v) is 17.0. The maximum absolute atomic E-state index is 12.5. The van der Waals surface area contributed by atoms with E-state index < -0.39 is 29.8 Å². The molecule has 0 saturated heterocycles. The third kappa shape index (κ3) is 4.14. The normalized spacial score (nSPS) is 18.0. The van der Waals surface area contributed by atoms with E-state index in [4.69, 9.17) is 9.47 Å². The number of hydrogen-bond donors (Lipinski definition) is 1. The van der Waals surface area contributed by atoms with Gasteiger partial charge in [-0.1, -0.05) is 30.3 Å². The van der Waals surface area contributed by atoms with Crippen molar-refractivity contribution in [3.05, 3.63) is 65.2 Å². The van der Waals surface area contributed by atoms with Crippen molar-refractivity contribution >= 4 is 23.7 Å². The van der Waals surface area contributed by atoms with Crippen LogP contribution in [0.1, 0.15) is 52.1 Å². The van der Waals surface area contributed by atoms with Gasteiger partial charge < -0.3 is 14.8 Å². The Bertz CT molecular complexity index is 1010. The van der Waals surface area contributed by atoms with Crippen molar-refractivity contribution in [3.8, 4) is 5.75 Å². The van der Waals surface area contributed by atoms with E-state index >= 15 is 0 Å². The lowest BCUT2D eigenvalue weighted by Gasteiger charge is -2.27. The molecule has 2 atom stereocenters. The number of benzene rings is 2. The molecule has 2 aromatic rings. The molecule has 0 bridgehead atoms. The molecule has 0 saturated carbocycles. The number of nitrogens with zero attached hydrogens (tertiary/aromatic N) is 1. The van der Waals surface area contributed by atoms with Crippen LogP contribution < -0.4 is 10.1 Å². The Morgan fingerprint density at radius 2 is 1.74 bits per heavy atom. The third-order valence-corrected chi connectivity index (χ3v) is 5.37. The molecule has 0 fully saturated rings.